The van der Waals surface area contributed by atoms with Crippen molar-refractivity contribution in [3.8, 4) is 0 Å². The molecule has 0 fully saturated rings. The Morgan fingerprint density at radius 1 is 1.06 bits per heavy atom. The number of hydrogen-bond donors (Lipinski definition) is 2. The van der Waals surface area contributed by atoms with E-state index in [4.69, 9.17) is 10.8 Å². The van der Waals surface area contributed by atoms with Gasteiger partial charge in [-0.1, -0.05) is 45.4 Å². The molecule has 0 rings (SSSR count). The molecule has 0 aromatic carbocycles. The fourth-order valence-electron chi connectivity index (χ4n) is 1.49. The van der Waals surface area contributed by atoms with Gasteiger partial charge in [0, 0.05) is 19.5 Å². The zero-order chi connectivity index (χ0) is 14.2. The Bertz CT molecular complexity index is 173. The second-order valence-electron chi connectivity index (χ2n) is 4.86. The number of hydrogen-bond acceptors (Lipinski definition) is 3. The third-order valence-corrected chi connectivity index (χ3v) is 2.57. The van der Waals surface area contributed by atoms with Crippen LogP contribution in [0.25, 0.3) is 0 Å². The van der Waals surface area contributed by atoms with E-state index >= 15 is 0 Å². The van der Waals surface area contributed by atoms with E-state index in [9.17, 15) is 4.79 Å². The van der Waals surface area contributed by atoms with Crippen LogP contribution in [0, 0.1) is 0 Å². The highest BCUT2D eigenvalue weighted by Gasteiger charge is 1.95. The molecule has 0 aliphatic heterocycles. The second kappa shape index (κ2) is 16.4. The Morgan fingerprint density at radius 2 is 1.56 bits per heavy atom. The molecule has 0 amide bonds. The lowest BCUT2D eigenvalue weighted by atomic mass is 10.1. The van der Waals surface area contributed by atoms with Gasteiger partial charge in [-0.05, 0) is 20.5 Å². The molecule has 0 unspecified atom stereocenters. The fraction of sp³-hybridized carbons (Fsp3) is 0.929. The van der Waals surface area contributed by atoms with Gasteiger partial charge in [-0.2, -0.15) is 0 Å². The van der Waals surface area contributed by atoms with Crippen LogP contribution in [-0.4, -0.2) is 43.2 Å². The van der Waals surface area contributed by atoms with Crippen LogP contribution in [0.4, 0.5) is 0 Å². The number of carboxylic acids is 1. The average molecular weight is 260 g/mol. The Morgan fingerprint density at radius 3 is 1.89 bits per heavy atom. The molecule has 0 saturated heterocycles. The SMILES string of the molecule is CCCCCCCCCC(=O)O.CN(C)CCN. The van der Waals surface area contributed by atoms with Crippen molar-refractivity contribution in [1.29, 1.82) is 0 Å². The van der Waals surface area contributed by atoms with Crippen LogP contribution in [0.2, 0.25) is 0 Å². The smallest absolute Gasteiger partial charge is 0.303 e. The molecule has 0 aromatic heterocycles. The van der Waals surface area contributed by atoms with Crippen molar-refractivity contribution in [2.75, 3.05) is 27.2 Å². The summed E-state index contributed by atoms with van der Waals surface area (Å²) >= 11 is 0. The van der Waals surface area contributed by atoms with Crippen LogP contribution in [0.1, 0.15) is 58.3 Å². The maximum absolute atomic E-state index is 10.1. The van der Waals surface area contributed by atoms with E-state index in [2.05, 4.69) is 11.8 Å². The molecule has 0 aliphatic rings. The molecule has 0 saturated carbocycles. The number of nitrogens with two attached hydrogens (primary N) is 1. The maximum atomic E-state index is 10.1. The zero-order valence-electron chi connectivity index (χ0n) is 12.5. The minimum atomic E-state index is -0.663. The summed E-state index contributed by atoms with van der Waals surface area (Å²) in [6.07, 6.45) is 8.64. The number of nitrogens with zero attached hydrogens (tertiary/aromatic N) is 1. The second-order valence-corrected chi connectivity index (χ2v) is 4.86. The predicted molar refractivity (Wildman–Crippen MR) is 77.9 cm³/mol. The molecule has 0 aliphatic carbocycles. The molecular weight excluding hydrogens is 228 g/mol. The van der Waals surface area contributed by atoms with Crippen molar-refractivity contribution in [3.05, 3.63) is 0 Å². The van der Waals surface area contributed by atoms with E-state index in [1.165, 1.54) is 32.1 Å². The molecule has 4 nitrogen and oxygen atoms in total. The normalized spacial score (nSPS) is 10.1. The first kappa shape index (κ1) is 19.7. The summed E-state index contributed by atoms with van der Waals surface area (Å²) in [5.74, 6) is -0.663. The summed E-state index contributed by atoms with van der Waals surface area (Å²) in [5, 5.41) is 8.35. The number of aliphatic carboxylic acids is 1. The molecule has 0 spiro atoms. The minimum absolute atomic E-state index is 0.341. The van der Waals surface area contributed by atoms with Crippen LogP contribution in [0.3, 0.4) is 0 Å². The van der Waals surface area contributed by atoms with Gasteiger partial charge >= 0.3 is 5.97 Å². The van der Waals surface area contributed by atoms with E-state index in [-0.39, 0.29) is 0 Å². The third-order valence-electron chi connectivity index (χ3n) is 2.57. The summed E-state index contributed by atoms with van der Waals surface area (Å²) in [7, 11) is 4.01. The summed E-state index contributed by atoms with van der Waals surface area (Å²) in [6, 6.07) is 0. The van der Waals surface area contributed by atoms with Crippen LogP contribution in [0.5, 0.6) is 0 Å². The number of carbonyl (C=O) groups is 1. The van der Waals surface area contributed by atoms with Gasteiger partial charge in [0.05, 0.1) is 0 Å². The van der Waals surface area contributed by atoms with Gasteiger partial charge in [0.2, 0.25) is 0 Å². The van der Waals surface area contributed by atoms with E-state index in [1.807, 2.05) is 14.1 Å². The molecule has 110 valence electrons. The zero-order valence-corrected chi connectivity index (χ0v) is 12.5. The number of unbranched alkanes of at least 4 members (excludes halogenated alkanes) is 6. The lowest BCUT2D eigenvalue weighted by Crippen LogP contribution is -2.20. The fourth-order valence-corrected chi connectivity index (χ4v) is 1.49. The molecule has 18 heavy (non-hydrogen) atoms. The Kier molecular flexibility index (Phi) is 18.0. The average Bonchev–Trinajstić information content (AvgIpc) is 2.28. The number of likely N-dealkylation sites (N-methyl/N-ethyl adjacent to an activating group) is 1. The standard InChI is InChI=1S/C10H20O2.C4H12N2/c1-2-3-4-5-6-7-8-9-10(11)12;1-6(2)4-3-5/h2-9H2,1H3,(H,11,12);3-5H2,1-2H3. The Hall–Kier alpha value is -0.610. The van der Waals surface area contributed by atoms with E-state index in [1.54, 1.807) is 0 Å². The molecule has 0 radical (unpaired) electrons. The predicted octanol–water partition coefficient (Wildman–Crippen LogP) is 2.72. The van der Waals surface area contributed by atoms with Crippen molar-refractivity contribution in [2.24, 2.45) is 5.73 Å². The molecule has 0 atom stereocenters. The minimum Gasteiger partial charge on any atom is -0.481 e. The van der Waals surface area contributed by atoms with Gasteiger partial charge in [0.15, 0.2) is 0 Å². The number of rotatable bonds is 10. The van der Waals surface area contributed by atoms with E-state index < -0.39 is 5.97 Å². The summed E-state index contributed by atoms with van der Waals surface area (Å²) in [6.45, 7) is 3.94. The monoisotopic (exact) mass is 260 g/mol. The largest absolute Gasteiger partial charge is 0.481 e. The van der Waals surface area contributed by atoms with Crippen molar-refractivity contribution in [1.82, 2.24) is 4.90 Å². The van der Waals surface area contributed by atoms with Crippen LogP contribution < -0.4 is 5.73 Å². The number of carboxylic acid groups (broad SMARTS) is 1. The van der Waals surface area contributed by atoms with Crippen molar-refractivity contribution in [3.63, 3.8) is 0 Å². The van der Waals surface area contributed by atoms with Gasteiger partial charge in [-0.3, -0.25) is 4.79 Å². The molecule has 4 heteroatoms. The van der Waals surface area contributed by atoms with Gasteiger partial charge in [0.1, 0.15) is 0 Å². The summed E-state index contributed by atoms with van der Waals surface area (Å²) < 4.78 is 0. The van der Waals surface area contributed by atoms with Crippen molar-refractivity contribution < 1.29 is 9.90 Å². The highest BCUT2D eigenvalue weighted by atomic mass is 16.4. The van der Waals surface area contributed by atoms with Crippen LogP contribution in [-0.2, 0) is 4.79 Å². The Balaban J connectivity index is 0. The molecular formula is C14H32N2O2. The van der Waals surface area contributed by atoms with E-state index in [0.29, 0.717) is 6.42 Å². The maximum Gasteiger partial charge on any atom is 0.303 e. The van der Waals surface area contributed by atoms with Gasteiger partial charge in [-0.25, -0.2) is 0 Å². The van der Waals surface area contributed by atoms with E-state index in [0.717, 1.165) is 25.9 Å². The van der Waals surface area contributed by atoms with Gasteiger partial charge in [0.25, 0.3) is 0 Å². The lowest BCUT2D eigenvalue weighted by Gasteiger charge is -2.03. The van der Waals surface area contributed by atoms with Crippen LogP contribution in [0.15, 0.2) is 0 Å². The lowest BCUT2D eigenvalue weighted by molar-refractivity contribution is -0.137. The highest BCUT2D eigenvalue weighted by molar-refractivity contribution is 5.66. The first-order chi connectivity index (χ1) is 8.54. The molecule has 0 heterocycles. The van der Waals surface area contributed by atoms with Crippen molar-refractivity contribution >= 4 is 5.97 Å². The molecule has 3 N–H and O–H groups in total. The first-order valence-electron chi connectivity index (χ1n) is 7.11. The summed E-state index contributed by atoms with van der Waals surface area (Å²) in [5.41, 5.74) is 5.19. The quantitative estimate of drug-likeness (QED) is 0.593. The van der Waals surface area contributed by atoms with Crippen LogP contribution >= 0.6 is 0 Å². The summed E-state index contributed by atoms with van der Waals surface area (Å²) in [4.78, 5) is 12.2. The third kappa shape index (κ3) is 24.6. The molecule has 0 aromatic rings. The highest BCUT2D eigenvalue weighted by Crippen LogP contribution is 2.07. The molecule has 0 bridgehead atoms. The Labute approximate surface area is 113 Å². The first-order valence-corrected chi connectivity index (χ1v) is 7.11. The van der Waals surface area contributed by atoms with Gasteiger partial charge in [-0.15, -0.1) is 0 Å². The topological polar surface area (TPSA) is 66.6 Å². The van der Waals surface area contributed by atoms with Gasteiger partial charge < -0.3 is 15.7 Å². The van der Waals surface area contributed by atoms with Crippen molar-refractivity contribution in [2.45, 2.75) is 58.3 Å².